The van der Waals surface area contributed by atoms with Crippen molar-refractivity contribution in [1.82, 2.24) is 4.90 Å². The number of hydrogen-bond donors (Lipinski definition) is 0. The molecule has 0 fully saturated rings. The molecule has 2 aromatic rings. The highest BCUT2D eigenvalue weighted by atomic mass is 32.1. The van der Waals surface area contributed by atoms with E-state index in [4.69, 9.17) is 9.47 Å². The number of benzene rings is 1. The van der Waals surface area contributed by atoms with Gasteiger partial charge in [-0.3, -0.25) is 4.79 Å². The molecule has 0 aliphatic carbocycles. The fraction of sp³-hybridized carbons (Fsp3) is 0.333. The Labute approximate surface area is 144 Å². The molecule has 0 spiro atoms. The number of hydrogen-bond acceptors (Lipinski definition) is 5. The monoisotopic (exact) mass is 345 g/mol. The molecule has 1 aromatic heterocycles. The van der Waals surface area contributed by atoms with Crippen LogP contribution >= 0.6 is 11.3 Å². The van der Waals surface area contributed by atoms with E-state index in [1.165, 1.54) is 0 Å². The van der Waals surface area contributed by atoms with Crippen molar-refractivity contribution in [2.45, 2.75) is 19.1 Å². The third-order valence-electron chi connectivity index (χ3n) is 3.97. The van der Waals surface area contributed by atoms with Crippen LogP contribution in [0.25, 0.3) is 0 Å². The Morgan fingerprint density at radius 3 is 2.92 bits per heavy atom. The van der Waals surface area contributed by atoms with Gasteiger partial charge in [0.1, 0.15) is 0 Å². The largest absolute Gasteiger partial charge is 0.448 e. The number of nitrogens with zero attached hydrogens (tertiary/aromatic N) is 1. The van der Waals surface area contributed by atoms with Gasteiger partial charge in [-0.2, -0.15) is 0 Å². The molecular formula is C18H19NO4S. The SMILES string of the molecule is COCCN(Cc1cccs1)C(=O)C1Cc2ccccc2C(=O)O1. The molecular weight excluding hydrogens is 326 g/mol. The zero-order valence-corrected chi connectivity index (χ0v) is 14.3. The van der Waals surface area contributed by atoms with Gasteiger partial charge in [0.15, 0.2) is 6.10 Å². The average molecular weight is 345 g/mol. The maximum absolute atomic E-state index is 12.9. The highest BCUT2D eigenvalue weighted by molar-refractivity contribution is 7.09. The zero-order valence-electron chi connectivity index (χ0n) is 13.4. The molecule has 0 saturated carbocycles. The van der Waals surface area contributed by atoms with Gasteiger partial charge in [0.05, 0.1) is 18.7 Å². The van der Waals surface area contributed by atoms with Crippen LogP contribution in [-0.2, 0) is 27.2 Å². The number of cyclic esters (lactones) is 1. The van der Waals surface area contributed by atoms with Crippen LogP contribution in [0.2, 0.25) is 0 Å². The normalized spacial score (nSPS) is 16.4. The molecule has 24 heavy (non-hydrogen) atoms. The van der Waals surface area contributed by atoms with Crippen molar-refractivity contribution in [1.29, 1.82) is 0 Å². The molecule has 1 unspecified atom stereocenters. The Bertz CT molecular complexity index is 714. The predicted molar refractivity (Wildman–Crippen MR) is 91.0 cm³/mol. The first-order chi connectivity index (χ1) is 11.7. The molecule has 1 amide bonds. The van der Waals surface area contributed by atoms with Crippen LogP contribution < -0.4 is 0 Å². The Morgan fingerprint density at radius 1 is 1.33 bits per heavy atom. The molecule has 6 heteroatoms. The van der Waals surface area contributed by atoms with Gasteiger partial charge in [-0.25, -0.2) is 4.79 Å². The van der Waals surface area contributed by atoms with E-state index in [-0.39, 0.29) is 5.91 Å². The smallest absolute Gasteiger partial charge is 0.339 e. The van der Waals surface area contributed by atoms with E-state index in [0.717, 1.165) is 10.4 Å². The molecule has 1 atom stereocenters. The van der Waals surface area contributed by atoms with Crippen molar-refractivity contribution in [2.24, 2.45) is 0 Å². The summed E-state index contributed by atoms with van der Waals surface area (Å²) in [6.45, 7) is 1.40. The summed E-state index contributed by atoms with van der Waals surface area (Å²) < 4.78 is 10.5. The van der Waals surface area contributed by atoms with Crippen molar-refractivity contribution < 1.29 is 19.1 Å². The summed E-state index contributed by atoms with van der Waals surface area (Å²) in [7, 11) is 1.60. The lowest BCUT2D eigenvalue weighted by atomic mass is 9.98. The van der Waals surface area contributed by atoms with Crippen molar-refractivity contribution in [3.63, 3.8) is 0 Å². The Hall–Kier alpha value is -2.18. The Kier molecular flexibility index (Phi) is 5.27. The lowest BCUT2D eigenvalue weighted by Gasteiger charge is -2.29. The van der Waals surface area contributed by atoms with Gasteiger partial charge in [0, 0.05) is 25.0 Å². The van der Waals surface area contributed by atoms with Crippen molar-refractivity contribution in [3.8, 4) is 0 Å². The first-order valence-corrected chi connectivity index (χ1v) is 8.66. The van der Waals surface area contributed by atoms with Gasteiger partial charge in [-0.05, 0) is 23.1 Å². The summed E-state index contributed by atoms with van der Waals surface area (Å²) >= 11 is 1.60. The molecule has 1 aromatic carbocycles. The number of rotatable bonds is 6. The summed E-state index contributed by atoms with van der Waals surface area (Å²) in [5.74, 6) is -0.610. The first kappa shape index (κ1) is 16.7. The number of methoxy groups -OCH3 is 1. The molecule has 126 valence electrons. The van der Waals surface area contributed by atoms with E-state index in [1.54, 1.807) is 35.5 Å². The fourth-order valence-corrected chi connectivity index (χ4v) is 3.45. The summed E-state index contributed by atoms with van der Waals surface area (Å²) in [4.78, 5) is 27.8. The topological polar surface area (TPSA) is 55.8 Å². The molecule has 0 N–H and O–H groups in total. The maximum atomic E-state index is 12.9. The third kappa shape index (κ3) is 3.66. The number of esters is 1. The van der Waals surface area contributed by atoms with E-state index in [2.05, 4.69) is 0 Å². The predicted octanol–water partition coefficient (Wildman–Crippen LogP) is 2.50. The lowest BCUT2D eigenvalue weighted by Crippen LogP contribution is -2.45. The first-order valence-electron chi connectivity index (χ1n) is 7.78. The highest BCUT2D eigenvalue weighted by Gasteiger charge is 2.33. The Balaban J connectivity index is 1.76. The summed E-state index contributed by atoms with van der Waals surface area (Å²) in [5, 5.41) is 1.98. The van der Waals surface area contributed by atoms with Crippen molar-refractivity contribution in [3.05, 3.63) is 57.8 Å². The second kappa shape index (κ2) is 7.59. The van der Waals surface area contributed by atoms with Crippen LogP contribution in [0.3, 0.4) is 0 Å². The van der Waals surface area contributed by atoms with E-state index in [0.29, 0.717) is 31.7 Å². The van der Waals surface area contributed by atoms with Crippen LogP contribution in [-0.4, -0.2) is 43.1 Å². The van der Waals surface area contributed by atoms with Gasteiger partial charge in [-0.1, -0.05) is 24.3 Å². The van der Waals surface area contributed by atoms with Gasteiger partial charge < -0.3 is 14.4 Å². The lowest BCUT2D eigenvalue weighted by molar-refractivity contribution is -0.142. The summed E-state index contributed by atoms with van der Waals surface area (Å²) in [5.41, 5.74) is 1.40. The highest BCUT2D eigenvalue weighted by Crippen LogP contribution is 2.22. The van der Waals surface area contributed by atoms with E-state index in [1.807, 2.05) is 29.6 Å². The number of carbonyl (C=O) groups excluding carboxylic acids is 2. The second-order valence-electron chi connectivity index (χ2n) is 5.59. The molecule has 2 heterocycles. The second-order valence-corrected chi connectivity index (χ2v) is 6.62. The van der Waals surface area contributed by atoms with Gasteiger partial charge in [0.25, 0.3) is 5.91 Å². The fourth-order valence-electron chi connectivity index (χ4n) is 2.73. The number of ether oxygens (including phenoxy) is 2. The molecule has 0 bridgehead atoms. The average Bonchev–Trinajstić information content (AvgIpc) is 3.11. The molecule has 1 aliphatic rings. The van der Waals surface area contributed by atoms with Gasteiger partial charge in [0.2, 0.25) is 0 Å². The van der Waals surface area contributed by atoms with Crippen LogP contribution in [0.5, 0.6) is 0 Å². The van der Waals surface area contributed by atoms with Crippen LogP contribution in [0, 0.1) is 0 Å². The third-order valence-corrected chi connectivity index (χ3v) is 4.83. The minimum Gasteiger partial charge on any atom is -0.448 e. The van der Waals surface area contributed by atoms with Crippen LogP contribution in [0.15, 0.2) is 41.8 Å². The number of amides is 1. The van der Waals surface area contributed by atoms with E-state index < -0.39 is 12.1 Å². The van der Waals surface area contributed by atoms with Gasteiger partial charge in [-0.15, -0.1) is 11.3 Å². The summed E-state index contributed by atoms with van der Waals surface area (Å²) in [6, 6.07) is 11.2. The number of thiophene rings is 1. The van der Waals surface area contributed by atoms with Crippen molar-refractivity contribution >= 4 is 23.2 Å². The zero-order chi connectivity index (χ0) is 16.9. The van der Waals surface area contributed by atoms with Crippen LogP contribution in [0.1, 0.15) is 20.8 Å². The van der Waals surface area contributed by atoms with E-state index >= 15 is 0 Å². The molecule has 0 radical (unpaired) electrons. The Morgan fingerprint density at radius 2 is 2.17 bits per heavy atom. The molecule has 5 nitrogen and oxygen atoms in total. The molecule has 3 rings (SSSR count). The quantitative estimate of drug-likeness (QED) is 0.755. The summed E-state index contributed by atoms with van der Waals surface area (Å²) in [6.07, 6.45) is -0.362. The molecule has 1 aliphatic heterocycles. The minimum absolute atomic E-state index is 0.177. The molecule has 0 saturated heterocycles. The van der Waals surface area contributed by atoms with Gasteiger partial charge >= 0.3 is 5.97 Å². The minimum atomic E-state index is -0.774. The van der Waals surface area contributed by atoms with Crippen molar-refractivity contribution in [2.75, 3.05) is 20.3 Å². The van der Waals surface area contributed by atoms with E-state index in [9.17, 15) is 9.59 Å². The number of fused-ring (bicyclic) bond motifs is 1. The number of carbonyl (C=O) groups is 2. The maximum Gasteiger partial charge on any atom is 0.339 e. The standard InChI is InChI=1S/C18H19NO4S/c1-22-9-8-19(12-14-6-4-10-24-14)17(20)16-11-13-5-2-3-7-15(13)18(21)23-16/h2-7,10,16H,8-9,11-12H2,1H3. The van der Waals surface area contributed by atoms with Crippen LogP contribution in [0.4, 0.5) is 0 Å².